The average Bonchev–Trinajstić information content (AvgIpc) is 2.47. The number of nitrogens with zero attached hydrogens (tertiary/aromatic N) is 1. The van der Waals surface area contributed by atoms with E-state index in [9.17, 15) is 22.0 Å². The molecule has 1 saturated heterocycles. The third-order valence-electron chi connectivity index (χ3n) is 3.83. The third-order valence-corrected chi connectivity index (χ3v) is 5.23. The van der Waals surface area contributed by atoms with Crippen LogP contribution < -0.4 is 4.90 Å². The molecule has 4 nitrogen and oxygen atoms in total. The summed E-state index contributed by atoms with van der Waals surface area (Å²) in [6.45, 7) is 2.99. The number of anilines is 1. The highest BCUT2D eigenvalue weighted by atomic mass is 32.2. The molecule has 0 saturated carbocycles. The quantitative estimate of drug-likeness (QED) is 0.856. The van der Waals surface area contributed by atoms with Gasteiger partial charge in [-0.05, 0) is 44.0 Å². The smallest absolute Gasteiger partial charge is 0.341 e. The van der Waals surface area contributed by atoms with Crippen molar-refractivity contribution in [2.45, 2.75) is 30.4 Å². The first-order valence-corrected chi connectivity index (χ1v) is 8.24. The van der Waals surface area contributed by atoms with Crippen molar-refractivity contribution in [1.29, 1.82) is 0 Å². The first-order valence-electron chi connectivity index (χ1n) is 6.70. The molecule has 0 spiro atoms. The van der Waals surface area contributed by atoms with Gasteiger partial charge in [-0.2, -0.15) is 8.78 Å². The van der Waals surface area contributed by atoms with Crippen LogP contribution in [0, 0.1) is 5.92 Å². The van der Waals surface area contributed by atoms with Crippen molar-refractivity contribution in [3.8, 4) is 0 Å². The van der Waals surface area contributed by atoms with Crippen LogP contribution in [0.5, 0.6) is 0 Å². The standard InChI is InChI=1S/C14H17F2NO3S/c1-10(18)11-6-8-17(9-7-11)12-2-4-13(5-3-12)21(19,20)14(15)16/h2-5,11,14H,6-9H2,1H3. The highest BCUT2D eigenvalue weighted by molar-refractivity contribution is 7.91. The van der Waals surface area contributed by atoms with Crippen molar-refractivity contribution < 1.29 is 22.0 Å². The van der Waals surface area contributed by atoms with Crippen LogP contribution in [0.25, 0.3) is 0 Å². The monoisotopic (exact) mass is 317 g/mol. The van der Waals surface area contributed by atoms with E-state index in [1.54, 1.807) is 6.92 Å². The number of Topliss-reactive ketones (excluding diaryl/α,β-unsaturated/α-hetero) is 1. The molecule has 0 amide bonds. The predicted octanol–water partition coefficient (Wildman–Crippen LogP) is 2.49. The van der Waals surface area contributed by atoms with Crippen LogP contribution in [-0.4, -0.2) is 33.0 Å². The van der Waals surface area contributed by atoms with E-state index in [1.165, 1.54) is 24.3 Å². The van der Waals surface area contributed by atoms with Crippen LogP contribution in [0.15, 0.2) is 29.2 Å². The number of benzene rings is 1. The zero-order chi connectivity index (χ0) is 15.6. The number of ketones is 1. The number of rotatable bonds is 4. The molecule has 0 radical (unpaired) electrons. The van der Waals surface area contributed by atoms with Crippen molar-refractivity contribution in [3.05, 3.63) is 24.3 Å². The van der Waals surface area contributed by atoms with E-state index >= 15 is 0 Å². The highest BCUT2D eigenvalue weighted by Gasteiger charge is 2.27. The van der Waals surface area contributed by atoms with Crippen molar-refractivity contribution in [2.24, 2.45) is 5.92 Å². The predicted molar refractivity (Wildman–Crippen MR) is 75.2 cm³/mol. The Labute approximate surface area is 122 Å². The number of carbonyl (C=O) groups excluding carboxylic acids is 1. The zero-order valence-corrected chi connectivity index (χ0v) is 12.4. The van der Waals surface area contributed by atoms with E-state index in [2.05, 4.69) is 0 Å². The lowest BCUT2D eigenvalue weighted by atomic mass is 9.93. The summed E-state index contributed by atoms with van der Waals surface area (Å²) in [6, 6.07) is 5.47. The van der Waals surface area contributed by atoms with E-state index in [0.717, 1.165) is 18.5 Å². The molecule has 0 aliphatic carbocycles. The summed E-state index contributed by atoms with van der Waals surface area (Å²) >= 11 is 0. The summed E-state index contributed by atoms with van der Waals surface area (Å²) in [4.78, 5) is 13.0. The van der Waals surface area contributed by atoms with E-state index in [-0.39, 0.29) is 16.6 Å². The molecular weight excluding hydrogens is 300 g/mol. The average molecular weight is 317 g/mol. The van der Waals surface area contributed by atoms with Crippen LogP contribution in [0.3, 0.4) is 0 Å². The molecule has 1 heterocycles. The molecule has 0 aromatic heterocycles. The molecule has 0 atom stereocenters. The molecule has 21 heavy (non-hydrogen) atoms. The Balaban J connectivity index is 2.09. The molecule has 0 unspecified atom stereocenters. The summed E-state index contributed by atoms with van der Waals surface area (Å²) in [5.74, 6) is -3.14. The van der Waals surface area contributed by atoms with Crippen LogP contribution in [-0.2, 0) is 14.6 Å². The van der Waals surface area contributed by atoms with Gasteiger partial charge in [0.1, 0.15) is 5.78 Å². The minimum Gasteiger partial charge on any atom is -0.371 e. The number of piperidine rings is 1. The molecule has 1 fully saturated rings. The first kappa shape index (κ1) is 15.9. The molecule has 1 aromatic carbocycles. The van der Waals surface area contributed by atoms with Crippen LogP contribution in [0.2, 0.25) is 0 Å². The summed E-state index contributed by atoms with van der Waals surface area (Å²) in [7, 11) is -4.54. The zero-order valence-electron chi connectivity index (χ0n) is 11.6. The lowest BCUT2D eigenvalue weighted by molar-refractivity contribution is -0.121. The van der Waals surface area contributed by atoms with E-state index in [4.69, 9.17) is 0 Å². The topological polar surface area (TPSA) is 54.5 Å². The maximum absolute atomic E-state index is 12.4. The molecule has 7 heteroatoms. The molecule has 1 aliphatic heterocycles. The summed E-state index contributed by atoms with van der Waals surface area (Å²) in [6.07, 6.45) is 1.51. The van der Waals surface area contributed by atoms with Crippen LogP contribution in [0.4, 0.5) is 14.5 Å². The SMILES string of the molecule is CC(=O)C1CCN(c2ccc(S(=O)(=O)C(F)F)cc2)CC1. The largest absolute Gasteiger partial charge is 0.371 e. The van der Waals surface area contributed by atoms with Gasteiger partial charge in [0.15, 0.2) is 0 Å². The Hall–Kier alpha value is -1.50. The van der Waals surface area contributed by atoms with E-state index < -0.39 is 15.6 Å². The van der Waals surface area contributed by atoms with Crippen molar-refractivity contribution >= 4 is 21.3 Å². The van der Waals surface area contributed by atoms with Crippen LogP contribution in [0.1, 0.15) is 19.8 Å². The Morgan fingerprint density at radius 1 is 1.19 bits per heavy atom. The minimum absolute atomic E-state index is 0.0831. The fourth-order valence-electron chi connectivity index (χ4n) is 2.49. The molecule has 0 N–H and O–H groups in total. The van der Waals surface area contributed by atoms with Crippen molar-refractivity contribution in [3.63, 3.8) is 0 Å². The number of hydrogen-bond acceptors (Lipinski definition) is 4. The van der Waals surface area contributed by atoms with Gasteiger partial charge >= 0.3 is 5.76 Å². The molecule has 116 valence electrons. The lowest BCUT2D eigenvalue weighted by Gasteiger charge is -2.32. The molecule has 1 aliphatic rings. The van der Waals surface area contributed by atoms with Gasteiger partial charge in [-0.25, -0.2) is 8.42 Å². The summed E-state index contributed by atoms with van der Waals surface area (Å²) < 4.78 is 47.6. The van der Waals surface area contributed by atoms with Gasteiger partial charge in [-0.1, -0.05) is 0 Å². The molecular formula is C14H17F2NO3S. The second-order valence-electron chi connectivity index (χ2n) is 5.17. The maximum Gasteiger partial charge on any atom is 0.341 e. The number of sulfone groups is 1. The van der Waals surface area contributed by atoms with Crippen molar-refractivity contribution in [1.82, 2.24) is 0 Å². The molecule has 2 rings (SSSR count). The van der Waals surface area contributed by atoms with Gasteiger partial charge in [0, 0.05) is 24.7 Å². The third kappa shape index (κ3) is 3.40. The Morgan fingerprint density at radius 2 is 1.71 bits per heavy atom. The van der Waals surface area contributed by atoms with E-state index in [0.29, 0.717) is 13.1 Å². The summed E-state index contributed by atoms with van der Waals surface area (Å²) in [5.41, 5.74) is 0.783. The Bertz CT molecular complexity index is 606. The Kier molecular flexibility index (Phi) is 4.61. The van der Waals surface area contributed by atoms with Gasteiger partial charge in [0.25, 0.3) is 0 Å². The van der Waals surface area contributed by atoms with Gasteiger partial charge in [0.05, 0.1) is 4.90 Å². The first-order chi connectivity index (χ1) is 9.82. The highest BCUT2D eigenvalue weighted by Crippen LogP contribution is 2.26. The lowest BCUT2D eigenvalue weighted by Crippen LogP contribution is -2.35. The molecule has 0 bridgehead atoms. The Morgan fingerprint density at radius 3 is 2.14 bits per heavy atom. The number of halogens is 2. The number of carbonyl (C=O) groups is 1. The number of alkyl halides is 2. The van der Waals surface area contributed by atoms with Gasteiger partial charge in [0.2, 0.25) is 9.84 Å². The van der Waals surface area contributed by atoms with Gasteiger partial charge in [-0.15, -0.1) is 0 Å². The fourth-order valence-corrected chi connectivity index (χ4v) is 3.21. The normalized spacial score (nSPS) is 17.2. The second kappa shape index (κ2) is 6.09. The molecule has 1 aromatic rings. The fraction of sp³-hybridized carbons (Fsp3) is 0.500. The minimum atomic E-state index is -4.54. The maximum atomic E-state index is 12.4. The van der Waals surface area contributed by atoms with Gasteiger partial charge < -0.3 is 4.90 Å². The number of hydrogen-bond donors (Lipinski definition) is 0. The summed E-state index contributed by atoms with van der Waals surface area (Å²) in [5, 5.41) is 0. The second-order valence-corrected chi connectivity index (χ2v) is 7.09. The van der Waals surface area contributed by atoms with Crippen molar-refractivity contribution in [2.75, 3.05) is 18.0 Å². The van der Waals surface area contributed by atoms with Crippen LogP contribution >= 0.6 is 0 Å². The van der Waals surface area contributed by atoms with E-state index in [1.807, 2.05) is 4.90 Å². The van der Waals surface area contributed by atoms with Gasteiger partial charge in [-0.3, -0.25) is 4.79 Å².